The Morgan fingerprint density at radius 2 is 1.95 bits per heavy atom. The molecule has 0 saturated heterocycles. The molecule has 3 aromatic rings. The van der Waals surface area contributed by atoms with Crippen molar-refractivity contribution in [2.75, 3.05) is 0 Å². The van der Waals surface area contributed by atoms with Gasteiger partial charge in [0.05, 0.1) is 14.9 Å². The van der Waals surface area contributed by atoms with E-state index >= 15 is 0 Å². The van der Waals surface area contributed by atoms with Crippen LogP contribution in [0.4, 0.5) is 0 Å². The fourth-order valence-corrected chi connectivity index (χ4v) is 4.75. The average molecular weight is 303 g/mol. The highest BCUT2D eigenvalue weighted by molar-refractivity contribution is 8.01. The highest BCUT2D eigenvalue weighted by atomic mass is 32.2. The lowest BCUT2D eigenvalue weighted by Crippen LogP contribution is -1.87. The van der Waals surface area contributed by atoms with Gasteiger partial charge < -0.3 is 0 Å². The molecular weight excluding hydrogens is 290 g/mol. The van der Waals surface area contributed by atoms with E-state index in [1.807, 2.05) is 11.8 Å². The lowest BCUT2D eigenvalue weighted by Gasteiger charge is -2.01. The minimum atomic E-state index is 0.942. The number of nitrogens with zero attached hydrogens (tertiary/aromatic N) is 1. The molecular formula is C15H13NS3. The number of benzene rings is 1. The van der Waals surface area contributed by atoms with Crippen LogP contribution in [0.1, 0.15) is 15.6 Å². The summed E-state index contributed by atoms with van der Waals surface area (Å²) in [7, 11) is 0. The van der Waals surface area contributed by atoms with Gasteiger partial charge in [-0.2, -0.15) is 0 Å². The third-order valence-corrected chi connectivity index (χ3v) is 5.76. The van der Waals surface area contributed by atoms with Crippen LogP contribution in [-0.2, 0) is 6.42 Å². The molecule has 3 rings (SSSR count). The van der Waals surface area contributed by atoms with Crippen LogP contribution in [0.2, 0.25) is 0 Å². The molecule has 96 valence electrons. The monoisotopic (exact) mass is 303 g/mol. The number of aromatic nitrogens is 1. The first-order valence-corrected chi connectivity index (χ1v) is 8.54. The van der Waals surface area contributed by atoms with Crippen LogP contribution in [0.15, 0.2) is 56.9 Å². The maximum atomic E-state index is 4.69. The van der Waals surface area contributed by atoms with Gasteiger partial charge >= 0.3 is 0 Å². The summed E-state index contributed by atoms with van der Waals surface area (Å²) in [4.78, 5) is 7.34. The first-order valence-electron chi connectivity index (χ1n) is 6.03. The van der Waals surface area contributed by atoms with Crippen LogP contribution < -0.4 is 0 Å². The second-order valence-corrected chi connectivity index (χ2v) is 7.72. The molecule has 0 N–H and O–H groups in total. The molecule has 19 heavy (non-hydrogen) atoms. The summed E-state index contributed by atoms with van der Waals surface area (Å²) in [6, 6.07) is 14.8. The van der Waals surface area contributed by atoms with E-state index in [-0.39, 0.29) is 0 Å². The second kappa shape index (κ2) is 5.90. The zero-order chi connectivity index (χ0) is 13.1. The molecule has 0 radical (unpaired) electrons. The summed E-state index contributed by atoms with van der Waals surface area (Å²) in [5.41, 5.74) is 1.21. The molecule has 1 nitrogen and oxygen atoms in total. The minimum absolute atomic E-state index is 0.942. The van der Waals surface area contributed by atoms with Gasteiger partial charge in [0.15, 0.2) is 0 Å². The van der Waals surface area contributed by atoms with Gasteiger partial charge in [-0.3, -0.25) is 0 Å². The van der Waals surface area contributed by atoms with Crippen LogP contribution in [0.5, 0.6) is 0 Å². The van der Waals surface area contributed by atoms with Gasteiger partial charge in [-0.15, -0.1) is 22.7 Å². The Hall–Kier alpha value is -1.10. The summed E-state index contributed by atoms with van der Waals surface area (Å²) in [6.07, 6.45) is 0.942. The van der Waals surface area contributed by atoms with Crippen molar-refractivity contribution in [2.45, 2.75) is 22.4 Å². The van der Waals surface area contributed by atoms with Crippen LogP contribution >= 0.6 is 34.4 Å². The Bertz CT molecular complexity index is 641. The van der Waals surface area contributed by atoms with Crippen LogP contribution in [-0.4, -0.2) is 4.98 Å². The van der Waals surface area contributed by atoms with Crippen LogP contribution in [0.3, 0.4) is 0 Å². The molecule has 2 heterocycles. The lowest BCUT2D eigenvalue weighted by atomic mass is 10.3. The van der Waals surface area contributed by atoms with Gasteiger partial charge in [0.25, 0.3) is 0 Å². The van der Waals surface area contributed by atoms with Crippen LogP contribution in [0.25, 0.3) is 0 Å². The zero-order valence-corrected chi connectivity index (χ0v) is 12.9. The van der Waals surface area contributed by atoms with E-state index in [2.05, 4.69) is 59.8 Å². The van der Waals surface area contributed by atoms with E-state index in [0.717, 1.165) is 11.4 Å². The van der Waals surface area contributed by atoms with E-state index < -0.39 is 0 Å². The Labute approximate surface area is 125 Å². The second-order valence-electron chi connectivity index (χ2n) is 4.14. The van der Waals surface area contributed by atoms with E-state index in [1.54, 1.807) is 22.7 Å². The quantitative estimate of drug-likeness (QED) is 0.652. The molecule has 0 bridgehead atoms. The third kappa shape index (κ3) is 3.26. The Morgan fingerprint density at radius 1 is 1.11 bits per heavy atom. The maximum Gasteiger partial charge on any atom is 0.0909 e. The molecule has 0 unspecified atom stereocenters. The number of hydrogen-bond acceptors (Lipinski definition) is 4. The zero-order valence-electron chi connectivity index (χ0n) is 10.5. The van der Waals surface area contributed by atoms with Gasteiger partial charge in [-0.1, -0.05) is 36.0 Å². The standard InChI is InChI=1S/C15H13NS3/c1-11-16-14(10-13-8-5-9-17-13)15(18-11)19-12-6-3-2-4-7-12/h2-9H,10H2,1H3. The Balaban J connectivity index is 1.85. The molecule has 0 aliphatic rings. The fraction of sp³-hybridized carbons (Fsp3) is 0.133. The van der Waals surface area contributed by atoms with Crippen LogP contribution in [0, 0.1) is 6.92 Å². The molecule has 0 amide bonds. The van der Waals surface area contributed by atoms with Crippen molar-refractivity contribution >= 4 is 34.4 Å². The summed E-state index contributed by atoms with van der Waals surface area (Å²) < 4.78 is 1.32. The molecule has 2 aromatic heterocycles. The number of rotatable bonds is 4. The number of thiazole rings is 1. The van der Waals surface area contributed by atoms with Crippen molar-refractivity contribution in [3.63, 3.8) is 0 Å². The van der Waals surface area contributed by atoms with Crippen molar-refractivity contribution in [1.82, 2.24) is 4.98 Å². The van der Waals surface area contributed by atoms with Crippen molar-refractivity contribution in [2.24, 2.45) is 0 Å². The molecule has 0 fully saturated rings. The number of thiophene rings is 1. The summed E-state index contributed by atoms with van der Waals surface area (Å²) in [6.45, 7) is 2.08. The topological polar surface area (TPSA) is 12.9 Å². The highest BCUT2D eigenvalue weighted by Crippen LogP contribution is 2.36. The molecule has 4 heteroatoms. The van der Waals surface area contributed by atoms with E-state index in [0.29, 0.717) is 0 Å². The van der Waals surface area contributed by atoms with Gasteiger partial charge in [0.1, 0.15) is 0 Å². The first kappa shape index (κ1) is 12.9. The summed E-state index contributed by atoms with van der Waals surface area (Å²) in [5, 5.41) is 3.27. The predicted molar refractivity (Wildman–Crippen MR) is 84.5 cm³/mol. The van der Waals surface area contributed by atoms with E-state index in [1.165, 1.54) is 19.7 Å². The summed E-state index contributed by atoms with van der Waals surface area (Å²) >= 11 is 5.40. The van der Waals surface area contributed by atoms with Gasteiger partial charge in [-0.05, 0) is 30.5 Å². The third-order valence-electron chi connectivity index (χ3n) is 2.64. The molecule has 0 aliphatic carbocycles. The fourth-order valence-electron chi connectivity index (χ4n) is 1.82. The normalized spacial score (nSPS) is 10.8. The smallest absolute Gasteiger partial charge is 0.0909 e. The van der Waals surface area contributed by atoms with E-state index in [9.17, 15) is 0 Å². The van der Waals surface area contributed by atoms with Gasteiger partial charge in [0.2, 0.25) is 0 Å². The van der Waals surface area contributed by atoms with Crippen molar-refractivity contribution in [1.29, 1.82) is 0 Å². The molecule has 0 spiro atoms. The lowest BCUT2D eigenvalue weighted by molar-refractivity contribution is 1.07. The largest absolute Gasteiger partial charge is 0.245 e. The maximum absolute atomic E-state index is 4.69. The average Bonchev–Trinajstić information content (AvgIpc) is 3.02. The molecule has 0 aliphatic heterocycles. The van der Waals surface area contributed by atoms with Crippen molar-refractivity contribution in [3.05, 3.63) is 63.4 Å². The van der Waals surface area contributed by atoms with E-state index in [4.69, 9.17) is 0 Å². The highest BCUT2D eigenvalue weighted by Gasteiger charge is 2.11. The molecule has 0 atom stereocenters. The number of hydrogen-bond donors (Lipinski definition) is 0. The Morgan fingerprint density at radius 3 is 2.68 bits per heavy atom. The Kier molecular flexibility index (Phi) is 4.01. The van der Waals surface area contributed by atoms with Gasteiger partial charge in [0, 0.05) is 16.2 Å². The molecule has 0 saturated carbocycles. The molecule has 1 aromatic carbocycles. The first-order chi connectivity index (χ1) is 9.31. The SMILES string of the molecule is Cc1nc(Cc2cccs2)c(Sc2ccccc2)s1. The van der Waals surface area contributed by atoms with Crippen molar-refractivity contribution < 1.29 is 0 Å². The van der Waals surface area contributed by atoms with Crippen molar-refractivity contribution in [3.8, 4) is 0 Å². The number of aryl methyl sites for hydroxylation is 1. The van der Waals surface area contributed by atoms with Gasteiger partial charge in [-0.25, -0.2) is 4.98 Å². The summed E-state index contributed by atoms with van der Waals surface area (Å²) in [5.74, 6) is 0. The predicted octanol–water partition coefficient (Wildman–Crippen LogP) is 5.26. The minimum Gasteiger partial charge on any atom is -0.245 e.